The number of rotatable bonds is 6. The Labute approximate surface area is 154 Å². The fraction of sp³-hybridized carbons (Fsp3) is 0.333. The van der Waals surface area contributed by atoms with E-state index in [1.165, 1.54) is 35.8 Å². The van der Waals surface area contributed by atoms with Crippen molar-refractivity contribution in [3.8, 4) is 0 Å². The fourth-order valence-corrected chi connectivity index (χ4v) is 5.19. The molecule has 0 heterocycles. The Morgan fingerprint density at radius 2 is 0.955 bits per heavy atom. The van der Waals surface area contributed by atoms with Gasteiger partial charge in [-0.15, -0.1) is 0 Å². The lowest BCUT2D eigenvalue weighted by molar-refractivity contribution is 1.38. The van der Waals surface area contributed by atoms with Crippen LogP contribution in [0.2, 0.25) is 0 Å². The second-order valence-electron chi connectivity index (χ2n) is 4.85. The normalized spacial score (nSPS) is 12.9. The van der Waals surface area contributed by atoms with E-state index in [1.54, 1.807) is 0 Å². The van der Waals surface area contributed by atoms with Gasteiger partial charge in [-0.2, -0.15) is 0 Å². The van der Waals surface area contributed by atoms with Crippen LogP contribution in [0, 0.1) is 0 Å². The summed E-state index contributed by atoms with van der Waals surface area (Å²) in [5, 5.41) is 0. The first-order valence-corrected chi connectivity index (χ1v) is 15.0. The Morgan fingerprint density at radius 3 is 1.23 bits per heavy atom. The van der Waals surface area contributed by atoms with Crippen molar-refractivity contribution in [2.24, 2.45) is 0 Å². The van der Waals surface area contributed by atoms with Gasteiger partial charge in [-0.25, -0.2) is 0 Å². The van der Waals surface area contributed by atoms with Crippen LogP contribution in [-0.4, -0.2) is 12.3 Å². The number of hydrogen-bond acceptors (Lipinski definition) is 0. The van der Waals surface area contributed by atoms with Crippen LogP contribution >= 0.6 is 44.2 Å². The summed E-state index contributed by atoms with van der Waals surface area (Å²) in [5.74, 6) is 0. The first kappa shape index (κ1) is 20.3. The molecule has 22 heavy (non-hydrogen) atoms. The maximum Gasteiger partial charge on any atom is 0.00253 e. The van der Waals surface area contributed by atoms with Crippen molar-refractivity contribution >= 4 is 44.2 Å². The average molecular weight is 462 g/mol. The highest BCUT2D eigenvalue weighted by Gasteiger charge is 2.00. The van der Waals surface area contributed by atoms with Crippen molar-refractivity contribution in [1.29, 1.82) is 0 Å². The molecule has 2 aromatic rings. The molecule has 0 aliphatic heterocycles. The molecular weight excluding hydrogens is 438 g/mol. The zero-order valence-corrected chi connectivity index (χ0v) is 18.2. The zero-order valence-electron chi connectivity index (χ0n) is 13.3. The summed E-state index contributed by atoms with van der Waals surface area (Å²) in [5.41, 5.74) is 2.88. The summed E-state index contributed by atoms with van der Waals surface area (Å²) in [4.78, 5) is 0. The van der Waals surface area contributed by atoms with E-state index in [4.69, 9.17) is 0 Å². The molecule has 0 nitrogen and oxygen atoms in total. The molecule has 0 saturated carbocycles. The van der Waals surface area contributed by atoms with Gasteiger partial charge in [0.15, 0.2) is 0 Å². The summed E-state index contributed by atoms with van der Waals surface area (Å²) in [6.45, 7) is 4.57. The van der Waals surface area contributed by atoms with Gasteiger partial charge in [0, 0.05) is 12.3 Å². The smallest absolute Gasteiger partial charge is 0.00253 e. The van der Waals surface area contributed by atoms with Gasteiger partial charge in [0.1, 0.15) is 0 Å². The fourth-order valence-electron chi connectivity index (χ4n) is 1.79. The van der Waals surface area contributed by atoms with Crippen LogP contribution < -0.4 is 0 Å². The summed E-state index contributed by atoms with van der Waals surface area (Å²) in [6.07, 6.45) is 4.91. The van der Waals surface area contributed by atoms with E-state index < -0.39 is 0 Å². The van der Waals surface area contributed by atoms with Crippen LogP contribution in [-0.2, 0) is 12.3 Å². The molecular formula is C18H24Br2P2. The van der Waals surface area contributed by atoms with Crippen molar-refractivity contribution in [1.82, 2.24) is 0 Å². The van der Waals surface area contributed by atoms with E-state index >= 15 is 0 Å². The molecule has 0 radical (unpaired) electrons. The van der Waals surface area contributed by atoms with E-state index in [0.717, 1.165) is 0 Å². The third kappa shape index (κ3) is 9.41. The third-order valence-corrected chi connectivity index (χ3v) is 10.4. The summed E-state index contributed by atoms with van der Waals surface area (Å²) in [6, 6.07) is 21.3. The second kappa shape index (κ2) is 12.7. The van der Waals surface area contributed by atoms with Crippen LogP contribution in [0.25, 0.3) is 0 Å². The lowest BCUT2D eigenvalue weighted by Crippen LogP contribution is -1.79. The molecule has 0 aliphatic carbocycles. The van der Waals surface area contributed by atoms with Gasteiger partial charge in [0.2, 0.25) is 0 Å². The van der Waals surface area contributed by atoms with E-state index in [1.807, 2.05) is 0 Å². The van der Waals surface area contributed by atoms with E-state index in [2.05, 4.69) is 105 Å². The molecule has 0 N–H and O–H groups in total. The molecule has 0 aromatic heterocycles. The molecule has 0 amide bonds. The second-order valence-corrected chi connectivity index (χ2v) is 14.6. The first-order valence-electron chi connectivity index (χ1n) is 7.55. The van der Waals surface area contributed by atoms with Crippen LogP contribution in [0.15, 0.2) is 60.7 Å². The monoisotopic (exact) mass is 460 g/mol. The third-order valence-electron chi connectivity index (χ3n) is 3.08. The van der Waals surface area contributed by atoms with Crippen molar-refractivity contribution in [2.75, 3.05) is 12.3 Å². The maximum absolute atomic E-state index is 3.68. The van der Waals surface area contributed by atoms with E-state index in [9.17, 15) is 0 Å². The Kier molecular flexibility index (Phi) is 11.7. The number of halogens is 2. The van der Waals surface area contributed by atoms with Gasteiger partial charge >= 0.3 is 0 Å². The Bertz CT molecular complexity index is 443. The lowest BCUT2D eigenvalue weighted by Gasteiger charge is -2.05. The minimum atomic E-state index is 0.0579. The number of benzene rings is 2. The van der Waals surface area contributed by atoms with E-state index in [0.29, 0.717) is 0 Å². The number of hydrogen-bond donors (Lipinski definition) is 0. The molecule has 120 valence electrons. The van der Waals surface area contributed by atoms with Gasteiger partial charge in [0.25, 0.3) is 0 Å². The topological polar surface area (TPSA) is 0 Å². The minimum absolute atomic E-state index is 0.0579. The Hall–Kier alpha value is 0.260. The van der Waals surface area contributed by atoms with Crippen molar-refractivity contribution in [2.45, 2.75) is 26.2 Å². The summed E-state index contributed by atoms with van der Waals surface area (Å²) >= 11 is 7.36. The van der Waals surface area contributed by atoms with Gasteiger partial charge in [0.05, 0.1) is 0 Å². The molecule has 0 saturated heterocycles. The van der Waals surface area contributed by atoms with Gasteiger partial charge < -0.3 is 0 Å². The molecule has 2 atom stereocenters. The molecule has 2 aromatic carbocycles. The molecule has 2 unspecified atom stereocenters. The largest absolute Gasteiger partial charge is 0.0622 e. The predicted octanol–water partition coefficient (Wildman–Crippen LogP) is 8.00. The summed E-state index contributed by atoms with van der Waals surface area (Å²) in [7, 11) is 0. The lowest BCUT2D eigenvalue weighted by atomic mass is 10.2. The van der Waals surface area contributed by atoms with Gasteiger partial charge in [-0.1, -0.05) is 105 Å². The Morgan fingerprint density at radius 1 is 0.636 bits per heavy atom. The Balaban J connectivity index is 0.000000220. The SMILES string of the molecule is CCP(Br)Cc1ccccc1.CCP(Br)Cc1ccccc1. The van der Waals surface area contributed by atoms with Crippen molar-refractivity contribution in [3.63, 3.8) is 0 Å². The van der Waals surface area contributed by atoms with E-state index in [-0.39, 0.29) is 13.2 Å². The zero-order chi connectivity index (χ0) is 16.2. The standard InChI is InChI=1S/2C9H12BrP/c2*1-2-11(10)8-9-6-4-3-5-7-9/h2*3-7H,2,8H2,1H3. The minimum Gasteiger partial charge on any atom is -0.0622 e. The van der Waals surface area contributed by atoms with Crippen LogP contribution in [0.3, 0.4) is 0 Å². The van der Waals surface area contributed by atoms with Gasteiger partial charge in [-0.3, -0.25) is 0 Å². The van der Waals surface area contributed by atoms with Crippen molar-refractivity contribution in [3.05, 3.63) is 71.8 Å². The molecule has 0 aliphatic rings. The van der Waals surface area contributed by atoms with Crippen LogP contribution in [0.5, 0.6) is 0 Å². The van der Waals surface area contributed by atoms with Crippen LogP contribution in [0.1, 0.15) is 25.0 Å². The predicted molar refractivity (Wildman–Crippen MR) is 113 cm³/mol. The molecule has 2 rings (SSSR count). The average Bonchev–Trinajstić information content (AvgIpc) is 2.57. The van der Waals surface area contributed by atoms with Crippen molar-refractivity contribution < 1.29 is 0 Å². The molecule has 0 fully saturated rings. The summed E-state index contributed by atoms with van der Waals surface area (Å²) < 4.78 is 0. The van der Waals surface area contributed by atoms with Crippen LogP contribution in [0.4, 0.5) is 0 Å². The molecule has 4 heteroatoms. The first-order chi connectivity index (χ1) is 10.7. The van der Waals surface area contributed by atoms with Gasteiger partial charge in [-0.05, 0) is 36.7 Å². The highest BCUT2D eigenvalue weighted by atomic mass is 79.9. The quantitative estimate of drug-likeness (QED) is 0.382. The highest BCUT2D eigenvalue weighted by Crippen LogP contribution is 2.47. The highest BCUT2D eigenvalue weighted by molar-refractivity contribution is 9.39. The molecule has 0 spiro atoms. The maximum atomic E-state index is 3.68. The molecule has 0 bridgehead atoms.